The molecule has 1 spiro atoms. The van der Waals surface area contributed by atoms with E-state index in [0.29, 0.717) is 12.1 Å². The molecule has 1 aromatic rings. The zero-order valence-corrected chi connectivity index (χ0v) is 15.2. The number of aromatic nitrogens is 1. The molecule has 5 rings (SSSR count). The van der Waals surface area contributed by atoms with Crippen molar-refractivity contribution in [2.24, 2.45) is 5.41 Å². The predicted molar refractivity (Wildman–Crippen MR) is 94.6 cm³/mol. The molecule has 0 radical (unpaired) electrons. The second-order valence-electron chi connectivity index (χ2n) is 8.59. The molecule has 3 aliphatic heterocycles. The van der Waals surface area contributed by atoms with E-state index in [9.17, 15) is 9.90 Å². The van der Waals surface area contributed by atoms with Gasteiger partial charge in [0.25, 0.3) is 0 Å². The molecule has 142 valence electrons. The molecule has 4 heterocycles. The smallest absolute Gasteiger partial charge is 0.408 e. The van der Waals surface area contributed by atoms with Gasteiger partial charge >= 0.3 is 6.09 Å². The zero-order valence-electron chi connectivity index (χ0n) is 15.2. The number of rotatable bonds is 3. The molecule has 0 aromatic carbocycles. The Morgan fingerprint density at radius 2 is 2.00 bits per heavy atom. The van der Waals surface area contributed by atoms with Crippen LogP contribution in [0.15, 0.2) is 16.9 Å². The Morgan fingerprint density at radius 1 is 1.19 bits per heavy atom. The standard InChI is InChI=1S/C19H28N4O3/c24-18(25)23-13-19(7-2-8-19)17(23)21-10-4-14(5-11-21)22-9-1-3-16(22)15-6-12-26-20-15/h6,12,14,16-17H,1-5,7-11,13H2,(H,24,25). The summed E-state index contributed by atoms with van der Waals surface area (Å²) in [5.74, 6) is 0. The number of piperidine rings is 1. The van der Waals surface area contributed by atoms with Crippen molar-refractivity contribution in [3.05, 3.63) is 18.0 Å². The van der Waals surface area contributed by atoms with Crippen LogP contribution in [0.4, 0.5) is 4.79 Å². The Morgan fingerprint density at radius 3 is 2.62 bits per heavy atom. The maximum absolute atomic E-state index is 11.6. The van der Waals surface area contributed by atoms with E-state index in [1.807, 2.05) is 6.07 Å². The van der Waals surface area contributed by atoms with Crippen LogP contribution in [0.25, 0.3) is 0 Å². The first-order valence-corrected chi connectivity index (χ1v) is 10.1. The summed E-state index contributed by atoms with van der Waals surface area (Å²) in [6, 6.07) is 2.96. The highest BCUT2D eigenvalue weighted by atomic mass is 16.5. The van der Waals surface area contributed by atoms with E-state index >= 15 is 0 Å². The third-order valence-corrected chi connectivity index (χ3v) is 7.33. The number of hydrogen-bond acceptors (Lipinski definition) is 5. The van der Waals surface area contributed by atoms with Gasteiger partial charge in [-0.15, -0.1) is 0 Å². The fourth-order valence-electron chi connectivity index (χ4n) is 5.93. The first kappa shape index (κ1) is 16.6. The molecular weight excluding hydrogens is 332 g/mol. The molecule has 1 aliphatic carbocycles. The van der Waals surface area contributed by atoms with Gasteiger partial charge in [-0.1, -0.05) is 11.6 Å². The molecular formula is C19H28N4O3. The normalized spacial score (nSPS) is 32.5. The molecule has 2 unspecified atom stereocenters. The second-order valence-corrected chi connectivity index (χ2v) is 8.59. The summed E-state index contributed by atoms with van der Waals surface area (Å²) in [4.78, 5) is 18.3. The van der Waals surface area contributed by atoms with Crippen molar-refractivity contribution in [2.75, 3.05) is 26.2 Å². The largest absolute Gasteiger partial charge is 0.465 e. The van der Waals surface area contributed by atoms with Crippen LogP contribution in [0.5, 0.6) is 0 Å². The maximum atomic E-state index is 11.6. The Labute approximate surface area is 153 Å². The van der Waals surface area contributed by atoms with Gasteiger partial charge in [0.15, 0.2) is 0 Å². The van der Waals surface area contributed by atoms with Gasteiger partial charge in [-0.05, 0) is 45.1 Å². The van der Waals surface area contributed by atoms with Crippen LogP contribution in [-0.4, -0.2) is 69.4 Å². The molecule has 2 atom stereocenters. The fourth-order valence-corrected chi connectivity index (χ4v) is 5.93. The lowest BCUT2D eigenvalue weighted by Gasteiger charge is -2.64. The summed E-state index contributed by atoms with van der Waals surface area (Å²) in [5.41, 5.74) is 1.33. The number of hydrogen-bond donors (Lipinski definition) is 1. The van der Waals surface area contributed by atoms with Gasteiger partial charge in [-0.3, -0.25) is 14.7 Å². The number of nitrogens with zero attached hydrogens (tertiary/aromatic N) is 4. The Bertz CT molecular complexity index is 652. The van der Waals surface area contributed by atoms with E-state index in [1.165, 1.54) is 25.7 Å². The third kappa shape index (κ3) is 2.47. The summed E-state index contributed by atoms with van der Waals surface area (Å²) in [7, 11) is 0. The highest BCUT2D eigenvalue weighted by molar-refractivity contribution is 5.67. The van der Waals surface area contributed by atoms with Gasteiger partial charge in [0, 0.05) is 37.2 Å². The van der Waals surface area contributed by atoms with E-state index in [4.69, 9.17) is 4.52 Å². The second kappa shape index (κ2) is 6.23. The van der Waals surface area contributed by atoms with Crippen molar-refractivity contribution >= 4 is 6.09 Å². The molecule has 1 aromatic heterocycles. The van der Waals surface area contributed by atoms with Gasteiger partial charge in [0.1, 0.15) is 12.0 Å². The Kier molecular flexibility index (Phi) is 3.97. The lowest BCUT2D eigenvalue weighted by Crippen LogP contribution is -2.75. The van der Waals surface area contributed by atoms with Crippen molar-refractivity contribution in [2.45, 2.75) is 63.2 Å². The molecule has 1 N–H and O–H groups in total. The minimum Gasteiger partial charge on any atom is -0.465 e. The van der Waals surface area contributed by atoms with Gasteiger partial charge < -0.3 is 9.63 Å². The quantitative estimate of drug-likeness (QED) is 0.894. The summed E-state index contributed by atoms with van der Waals surface area (Å²) >= 11 is 0. The van der Waals surface area contributed by atoms with Crippen LogP contribution in [0, 0.1) is 5.41 Å². The molecule has 1 amide bonds. The molecule has 0 bridgehead atoms. The summed E-state index contributed by atoms with van der Waals surface area (Å²) in [5, 5.41) is 13.7. The van der Waals surface area contributed by atoms with E-state index in [2.05, 4.69) is 15.0 Å². The average Bonchev–Trinajstić information content (AvgIpc) is 3.24. The van der Waals surface area contributed by atoms with E-state index in [-0.39, 0.29) is 11.6 Å². The summed E-state index contributed by atoms with van der Waals surface area (Å²) in [6.45, 7) is 3.88. The van der Waals surface area contributed by atoms with Crippen molar-refractivity contribution in [3.8, 4) is 0 Å². The van der Waals surface area contributed by atoms with Crippen LogP contribution in [0.2, 0.25) is 0 Å². The molecule has 3 saturated heterocycles. The first-order valence-electron chi connectivity index (χ1n) is 10.1. The number of carbonyl (C=O) groups is 1. The summed E-state index contributed by atoms with van der Waals surface area (Å²) < 4.78 is 5.06. The lowest BCUT2D eigenvalue weighted by molar-refractivity contribution is -0.182. The first-order chi connectivity index (χ1) is 12.7. The lowest BCUT2D eigenvalue weighted by atomic mass is 9.60. The van der Waals surface area contributed by atoms with Gasteiger partial charge in [-0.2, -0.15) is 0 Å². The van der Waals surface area contributed by atoms with Crippen LogP contribution in [0.3, 0.4) is 0 Å². The Balaban J connectivity index is 1.24. The third-order valence-electron chi connectivity index (χ3n) is 7.33. The zero-order chi connectivity index (χ0) is 17.7. The number of likely N-dealkylation sites (tertiary alicyclic amines) is 3. The molecule has 4 fully saturated rings. The highest BCUT2D eigenvalue weighted by Crippen LogP contribution is 2.54. The monoisotopic (exact) mass is 360 g/mol. The van der Waals surface area contributed by atoms with Crippen LogP contribution in [-0.2, 0) is 0 Å². The van der Waals surface area contributed by atoms with Crippen LogP contribution >= 0.6 is 0 Å². The minimum absolute atomic E-state index is 0.125. The molecule has 7 heteroatoms. The van der Waals surface area contributed by atoms with Gasteiger partial charge in [-0.25, -0.2) is 4.79 Å². The van der Waals surface area contributed by atoms with Crippen molar-refractivity contribution in [1.29, 1.82) is 0 Å². The van der Waals surface area contributed by atoms with E-state index < -0.39 is 6.09 Å². The van der Waals surface area contributed by atoms with Gasteiger partial charge in [0.2, 0.25) is 0 Å². The Hall–Kier alpha value is -1.60. The molecule has 4 aliphatic rings. The summed E-state index contributed by atoms with van der Waals surface area (Å²) in [6.07, 6.45) is 9.31. The van der Waals surface area contributed by atoms with Crippen molar-refractivity contribution < 1.29 is 14.4 Å². The van der Waals surface area contributed by atoms with Gasteiger partial charge in [0.05, 0.1) is 12.2 Å². The predicted octanol–water partition coefficient (Wildman–Crippen LogP) is 2.77. The highest BCUT2D eigenvalue weighted by Gasteiger charge is 2.60. The van der Waals surface area contributed by atoms with Crippen molar-refractivity contribution in [1.82, 2.24) is 19.9 Å². The van der Waals surface area contributed by atoms with Crippen LogP contribution in [0.1, 0.15) is 56.7 Å². The molecule has 7 nitrogen and oxygen atoms in total. The fraction of sp³-hybridized carbons (Fsp3) is 0.789. The minimum atomic E-state index is -0.750. The average molecular weight is 360 g/mol. The SMILES string of the molecule is O=C(O)N1CC2(CCC2)C1N1CCC(N2CCCC2c2ccon2)CC1. The molecule has 1 saturated carbocycles. The maximum Gasteiger partial charge on any atom is 0.408 e. The number of amides is 1. The topological polar surface area (TPSA) is 73.1 Å². The van der Waals surface area contributed by atoms with Crippen molar-refractivity contribution in [3.63, 3.8) is 0 Å². The van der Waals surface area contributed by atoms with E-state index in [0.717, 1.165) is 51.1 Å². The molecule has 26 heavy (non-hydrogen) atoms. The van der Waals surface area contributed by atoms with E-state index in [1.54, 1.807) is 11.2 Å². The number of carboxylic acid groups (broad SMARTS) is 1. The van der Waals surface area contributed by atoms with Crippen LogP contribution < -0.4 is 0 Å².